The molecule has 0 aromatic heterocycles. The number of β-lactam (4-membered cyclic amide) rings is 1. The highest BCUT2D eigenvalue weighted by Crippen LogP contribution is 2.64. The van der Waals surface area contributed by atoms with Crippen LogP contribution in [0.5, 0.6) is 0 Å². The van der Waals surface area contributed by atoms with Gasteiger partial charge in [0.15, 0.2) is 0 Å². The lowest BCUT2D eigenvalue weighted by Crippen LogP contribution is -2.71. The predicted molar refractivity (Wildman–Crippen MR) is 139 cm³/mol. The smallest absolute Gasteiger partial charge is 0.323 e. The Balaban J connectivity index is 1.63. The van der Waals surface area contributed by atoms with Crippen LogP contribution >= 0.6 is 19.4 Å². The third-order valence-electron chi connectivity index (χ3n) is 6.95. The first kappa shape index (κ1) is 24.3. The third-order valence-corrected chi connectivity index (χ3v) is 10.7. The number of benzene rings is 3. The standard InChI is InChI=1S/C27H29N2O4PS/c1-26(2)25(34(31,32)33-3)29-23(30)22(24(29)35-26)28-27(19-13-7-4-8-14-19,20-15-9-5-10-16-20)21-17-11-6-12-18-21/h4-18,22,24-25,28H,1-3H3,(H,31,32)/t22?,24-,25?/m1/s1. The minimum atomic E-state index is -4.02. The number of fused-ring (bicyclic) bond motifs is 1. The summed E-state index contributed by atoms with van der Waals surface area (Å²) in [5.74, 6) is -1.10. The van der Waals surface area contributed by atoms with Gasteiger partial charge in [0, 0.05) is 11.9 Å². The van der Waals surface area contributed by atoms with Gasteiger partial charge in [0.2, 0.25) is 5.91 Å². The Morgan fingerprint density at radius 2 is 1.34 bits per heavy atom. The summed E-state index contributed by atoms with van der Waals surface area (Å²) in [6.45, 7) is 3.79. The molecule has 3 aromatic carbocycles. The average Bonchev–Trinajstić information content (AvgIpc) is 3.15. The number of carbonyl (C=O) groups is 1. The van der Waals surface area contributed by atoms with Crippen LogP contribution in [0.1, 0.15) is 30.5 Å². The molecule has 2 heterocycles. The van der Waals surface area contributed by atoms with E-state index in [2.05, 4.69) is 41.7 Å². The predicted octanol–water partition coefficient (Wildman–Crippen LogP) is 4.79. The van der Waals surface area contributed by atoms with Gasteiger partial charge in [-0.3, -0.25) is 14.7 Å². The van der Waals surface area contributed by atoms with Crippen molar-refractivity contribution >= 4 is 25.3 Å². The molecule has 0 bridgehead atoms. The first-order chi connectivity index (χ1) is 16.7. The summed E-state index contributed by atoms with van der Waals surface area (Å²) >= 11 is 1.54. The van der Waals surface area contributed by atoms with Gasteiger partial charge in [-0.25, -0.2) is 0 Å². The fourth-order valence-corrected chi connectivity index (χ4v) is 9.16. The van der Waals surface area contributed by atoms with Crippen LogP contribution in [-0.4, -0.2) is 44.8 Å². The Hall–Kier alpha value is -2.41. The second kappa shape index (κ2) is 8.91. The van der Waals surface area contributed by atoms with Crippen LogP contribution in [-0.2, 0) is 19.4 Å². The molecule has 0 spiro atoms. The summed E-state index contributed by atoms with van der Waals surface area (Å²) in [4.78, 5) is 25.7. The van der Waals surface area contributed by atoms with Gasteiger partial charge in [0.1, 0.15) is 17.2 Å². The zero-order valence-corrected chi connectivity index (χ0v) is 21.6. The van der Waals surface area contributed by atoms with Crippen LogP contribution in [0.25, 0.3) is 0 Å². The molecule has 3 unspecified atom stereocenters. The number of nitrogens with one attached hydrogen (secondary N) is 1. The van der Waals surface area contributed by atoms with Gasteiger partial charge in [0.05, 0.1) is 5.54 Å². The highest BCUT2D eigenvalue weighted by Gasteiger charge is 2.67. The van der Waals surface area contributed by atoms with Gasteiger partial charge in [-0.2, -0.15) is 0 Å². The second-order valence-corrected chi connectivity index (χ2v) is 13.2. The lowest BCUT2D eigenvalue weighted by molar-refractivity contribution is -0.147. The van der Waals surface area contributed by atoms with E-state index in [9.17, 15) is 14.3 Å². The second-order valence-electron chi connectivity index (χ2n) is 9.45. The first-order valence-corrected chi connectivity index (χ1v) is 14.1. The lowest BCUT2D eigenvalue weighted by Gasteiger charge is -2.49. The fourth-order valence-electron chi connectivity index (χ4n) is 5.41. The highest BCUT2D eigenvalue weighted by atomic mass is 32.2. The van der Waals surface area contributed by atoms with Gasteiger partial charge in [-0.1, -0.05) is 91.0 Å². The Morgan fingerprint density at radius 1 is 0.914 bits per heavy atom. The average molecular weight is 509 g/mol. The van der Waals surface area contributed by atoms with Crippen LogP contribution in [0.4, 0.5) is 0 Å². The SMILES string of the molecule is COP(=O)(O)C1N2C(=O)C(NC(c3ccccc3)(c3ccccc3)c3ccccc3)[C@H]2SC1(C)C. The van der Waals surface area contributed by atoms with Gasteiger partial charge in [-0.15, -0.1) is 11.8 Å². The Morgan fingerprint density at radius 3 is 1.74 bits per heavy atom. The van der Waals surface area contributed by atoms with Crippen LogP contribution in [0, 0.1) is 0 Å². The van der Waals surface area contributed by atoms with Gasteiger partial charge in [-0.05, 0) is 30.5 Å². The van der Waals surface area contributed by atoms with E-state index in [1.807, 2.05) is 68.4 Å². The van der Waals surface area contributed by atoms with Crippen molar-refractivity contribution in [1.82, 2.24) is 10.2 Å². The molecule has 0 radical (unpaired) electrons. The first-order valence-electron chi connectivity index (χ1n) is 11.5. The summed E-state index contributed by atoms with van der Waals surface area (Å²) in [5, 5.41) is 3.44. The van der Waals surface area contributed by atoms with E-state index in [4.69, 9.17) is 4.52 Å². The lowest BCUT2D eigenvalue weighted by atomic mass is 9.76. The van der Waals surface area contributed by atoms with Crippen LogP contribution in [0.2, 0.25) is 0 Å². The molecule has 35 heavy (non-hydrogen) atoms. The van der Waals surface area contributed by atoms with E-state index < -0.39 is 29.7 Å². The molecule has 2 saturated heterocycles. The topological polar surface area (TPSA) is 78.9 Å². The van der Waals surface area contributed by atoms with Crippen LogP contribution in [0.3, 0.4) is 0 Å². The molecule has 1 amide bonds. The normalized spacial score (nSPS) is 25.0. The largest absolute Gasteiger partial charge is 0.351 e. The van der Waals surface area contributed by atoms with Crippen molar-refractivity contribution in [2.45, 2.75) is 41.3 Å². The van der Waals surface area contributed by atoms with E-state index >= 15 is 0 Å². The molecular formula is C27H29N2O4PS. The van der Waals surface area contributed by atoms with Crippen LogP contribution in [0.15, 0.2) is 91.0 Å². The number of nitrogens with zero attached hydrogens (tertiary/aromatic N) is 1. The molecule has 2 fully saturated rings. The molecule has 8 heteroatoms. The van der Waals surface area contributed by atoms with Gasteiger partial charge in [0.25, 0.3) is 0 Å². The Kier molecular flexibility index (Phi) is 6.19. The molecule has 4 atom stereocenters. The van der Waals surface area contributed by atoms with Crippen molar-refractivity contribution in [3.05, 3.63) is 108 Å². The summed E-state index contributed by atoms with van der Waals surface area (Å²) in [6, 6.07) is 29.7. The number of amides is 1. The van der Waals surface area contributed by atoms with Crippen molar-refractivity contribution in [3.8, 4) is 0 Å². The maximum Gasteiger partial charge on any atom is 0.351 e. The molecular weight excluding hydrogens is 479 g/mol. The minimum absolute atomic E-state index is 0.198. The maximum absolute atomic E-state index is 13.6. The summed E-state index contributed by atoms with van der Waals surface area (Å²) in [7, 11) is -2.80. The third kappa shape index (κ3) is 3.87. The van der Waals surface area contributed by atoms with Gasteiger partial charge < -0.3 is 14.3 Å². The van der Waals surface area contributed by atoms with Crippen molar-refractivity contribution in [1.29, 1.82) is 0 Å². The molecule has 0 aliphatic carbocycles. The molecule has 182 valence electrons. The molecule has 5 rings (SSSR count). The number of carbonyl (C=O) groups excluding carboxylic acids is 1. The molecule has 3 aromatic rings. The maximum atomic E-state index is 13.6. The van der Waals surface area contributed by atoms with E-state index in [1.54, 1.807) is 4.90 Å². The van der Waals surface area contributed by atoms with Crippen molar-refractivity contribution in [3.63, 3.8) is 0 Å². The van der Waals surface area contributed by atoms with Crippen molar-refractivity contribution in [2.75, 3.05) is 7.11 Å². The Labute approximate surface area is 210 Å². The monoisotopic (exact) mass is 508 g/mol. The zero-order chi connectivity index (χ0) is 24.8. The van der Waals surface area contributed by atoms with E-state index in [-0.39, 0.29) is 11.3 Å². The van der Waals surface area contributed by atoms with E-state index in [1.165, 1.54) is 18.9 Å². The molecule has 2 aliphatic heterocycles. The van der Waals surface area contributed by atoms with Crippen molar-refractivity contribution in [2.24, 2.45) is 0 Å². The van der Waals surface area contributed by atoms with Crippen molar-refractivity contribution < 1.29 is 18.8 Å². The number of hydrogen-bond acceptors (Lipinski definition) is 5. The highest BCUT2D eigenvalue weighted by molar-refractivity contribution is 8.02. The fraction of sp³-hybridized carbons (Fsp3) is 0.296. The molecule has 0 saturated carbocycles. The minimum Gasteiger partial charge on any atom is -0.323 e. The summed E-state index contributed by atoms with van der Waals surface area (Å²) < 4.78 is 17.2. The van der Waals surface area contributed by atoms with Crippen LogP contribution < -0.4 is 5.32 Å². The number of hydrogen-bond donors (Lipinski definition) is 2. The summed E-state index contributed by atoms with van der Waals surface area (Å²) in [6.07, 6.45) is 0. The molecule has 2 N–H and O–H groups in total. The summed E-state index contributed by atoms with van der Waals surface area (Å²) in [5.41, 5.74) is 2.22. The zero-order valence-electron chi connectivity index (χ0n) is 19.9. The molecule has 6 nitrogen and oxygen atoms in total. The Bertz CT molecular complexity index is 1160. The number of rotatable bonds is 7. The van der Waals surface area contributed by atoms with E-state index in [0.29, 0.717) is 0 Å². The molecule has 2 aliphatic rings. The number of thioether (sulfide) groups is 1. The quantitative estimate of drug-likeness (QED) is 0.272. The van der Waals surface area contributed by atoms with Gasteiger partial charge >= 0.3 is 7.60 Å². The van der Waals surface area contributed by atoms with E-state index in [0.717, 1.165) is 16.7 Å².